The fraction of sp³-hybridized carbons (Fsp3) is 0.375. The van der Waals surface area contributed by atoms with Crippen molar-refractivity contribution in [1.82, 2.24) is 9.47 Å². The van der Waals surface area contributed by atoms with E-state index in [0.717, 1.165) is 0 Å². The summed E-state index contributed by atoms with van der Waals surface area (Å²) in [6.45, 7) is 1.79. The van der Waals surface area contributed by atoms with Crippen LogP contribution in [0, 0.1) is 0 Å². The average Bonchev–Trinajstić information content (AvgIpc) is 2.65. The zero-order chi connectivity index (χ0) is 8.39. The minimum Gasteiger partial charge on any atom is -0.447 e. The Bertz CT molecular complexity index is 269. The average molecular weight is 166 g/mol. The number of carbonyl (C=O) groups is 1. The molecule has 0 radical (unpaired) electrons. The lowest BCUT2D eigenvalue weighted by atomic mass is 10.6. The van der Waals surface area contributed by atoms with Crippen LogP contribution in [0.25, 0.3) is 0 Å². The zero-order valence-corrected chi connectivity index (χ0v) is 6.64. The maximum Gasteiger partial charge on any atom is 0.411 e. The van der Waals surface area contributed by atoms with Gasteiger partial charge in [-0.15, -0.1) is 0 Å². The van der Waals surface area contributed by atoms with Crippen LogP contribution in [0.15, 0.2) is 24.5 Å². The van der Waals surface area contributed by atoms with Crippen LogP contribution in [0.3, 0.4) is 0 Å². The third-order valence-corrected chi connectivity index (χ3v) is 1.85. The van der Waals surface area contributed by atoms with E-state index in [1.54, 1.807) is 4.90 Å². The Morgan fingerprint density at radius 2 is 2.17 bits per heavy atom. The maximum absolute atomic E-state index is 11.0. The van der Waals surface area contributed by atoms with Gasteiger partial charge in [0, 0.05) is 12.4 Å². The summed E-state index contributed by atoms with van der Waals surface area (Å²) >= 11 is 0. The van der Waals surface area contributed by atoms with Crippen LogP contribution in [0.5, 0.6) is 0 Å². The zero-order valence-electron chi connectivity index (χ0n) is 6.64. The van der Waals surface area contributed by atoms with Gasteiger partial charge in [0.2, 0.25) is 0 Å². The standard InChI is InChI=1S/C8H10N2O2/c11-8-10(5-6-12-8)7-9-3-1-2-4-9/h1-4H,5-7H2. The number of ether oxygens (including phenoxy) is 1. The summed E-state index contributed by atoms with van der Waals surface area (Å²) in [6.07, 6.45) is 3.63. The molecular formula is C8H10N2O2. The van der Waals surface area contributed by atoms with Crippen molar-refractivity contribution in [2.24, 2.45) is 0 Å². The molecule has 0 aromatic carbocycles. The van der Waals surface area contributed by atoms with Crippen molar-refractivity contribution < 1.29 is 9.53 Å². The van der Waals surface area contributed by atoms with Crippen LogP contribution in [0.4, 0.5) is 4.79 Å². The molecule has 0 N–H and O–H groups in total. The molecule has 4 nitrogen and oxygen atoms in total. The van der Waals surface area contributed by atoms with Gasteiger partial charge in [0.05, 0.1) is 6.54 Å². The van der Waals surface area contributed by atoms with Crippen LogP contribution in [0.2, 0.25) is 0 Å². The lowest BCUT2D eigenvalue weighted by molar-refractivity contribution is 0.151. The summed E-state index contributed by atoms with van der Waals surface area (Å²) < 4.78 is 6.72. The molecule has 4 heteroatoms. The molecule has 2 heterocycles. The second-order valence-electron chi connectivity index (χ2n) is 2.72. The van der Waals surface area contributed by atoms with Crippen LogP contribution < -0.4 is 0 Å². The second-order valence-corrected chi connectivity index (χ2v) is 2.72. The van der Waals surface area contributed by atoms with Crippen molar-refractivity contribution in [3.8, 4) is 0 Å². The van der Waals surface area contributed by atoms with E-state index in [-0.39, 0.29) is 6.09 Å². The summed E-state index contributed by atoms with van der Waals surface area (Å²) in [4.78, 5) is 12.7. The number of hydrogen-bond donors (Lipinski definition) is 0. The van der Waals surface area contributed by atoms with Gasteiger partial charge < -0.3 is 9.30 Å². The van der Waals surface area contributed by atoms with E-state index in [1.807, 2.05) is 29.1 Å². The van der Waals surface area contributed by atoms with Crippen LogP contribution in [-0.2, 0) is 11.4 Å². The van der Waals surface area contributed by atoms with Crippen molar-refractivity contribution in [2.75, 3.05) is 13.2 Å². The Morgan fingerprint density at radius 3 is 2.75 bits per heavy atom. The van der Waals surface area contributed by atoms with E-state index in [0.29, 0.717) is 19.8 Å². The first-order valence-electron chi connectivity index (χ1n) is 3.89. The maximum atomic E-state index is 11.0. The van der Waals surface area contributed by atoms with Crippen LogP contribution in [-0.4, -0.2) is 28.7 Å². The smallest absolute Gasteiger partial charge is 0.411 e. The fourth-order valence-corrected chi connectivity index (χ4v) is 1.22. The quantitative estimate of drug-likeness (QED) is 0.654. The van der Waals surface area contributed by atoms with Crippen LogP contribution >= 0.6 is 0 Å². The van der Waals surface area contributed by atoms with Crippen molar-refractivity contribution in [1.29, 1.82) is 0 Å². The number of hydrogen-bond acceptors (Lipinski definition) is 2. The fourth-order valence-electron chi connectivity index (χ4n) is 1.22. The number of nitrogens with zero attached hydrogens (tertiary/aromatic N) is 2. The van der Waals surface area contributed by atoms with Crippen molar-refractivity contribution >= 4 is 6.09 Å². The van der Waals surface area contributed by atoms with Gasteiger partial charge in [-0.25, -0.2) is 4.79 Å². The molecule has 1 aromatic rings. The molecule has 1 fully saturated rings. The lowest BCUT2D eigenvalue weighted by Gasteiger charge is -2.12. The largest absolute Gasteiger partial charge is 0.447 e. The molecule has 1 aliphatic rings. The predicted molar refractivity (Wildman–Crippen MR) is 42.5 cm³/mol. The summed E-state index contributed by atoms with van der Waals surface area (Å²) in [5.74, 6) is 0. The highest BCUT2D eigenvalue weighted by molar-refractivity contribution is 5.68. The topological polar surface area (TPSA) is 34.5 Å². The SMILES string of the molecule is O=C1OCCN1Cn1cccc1. The van der Waals surface area contributed by atoms with E-state index >= 15 is 0 Å². The number of cyclic esters (lactones) is 1. The Hall–Kier alpha value is -1.45. The Morgan fingerprint density at radius 1 is 1.42 bits per heavy atom. The van der Waals surface area contributed by atoms with Gasteiger partial charge in [-0.3, -0.25) is 4.90 Å². The van der Waals surface area contributed by atoms with Gasteiger partial charge >= 0.3 is 6.09 Å². The van der Waals surface area contributed by atoms with Gasteiger partial charge in [-0.05, 0) is 12.1 Å². The summed E-state index contributed by atoms with van der Waals surface area (Å²) in [5, 5.41) is 0. The highest BCUT2D eigenvalue weighted by Gasteiger charge is 2.21. The van der Waals surface area contributed by atoms with Gasteiger partial charge in [0.15, 0.2) is 0 Å². The number of rotatable bonds is 2. The molecule has 0 saturated carbocycles. The number of amides is 1. The molecule has 1 aliphatic heterocycles. The molecule has 64 valence electrons. The third-order valence-electron chi connectivity index (χ3n) is 1.85. The molecule has 1 amide bonds. The predicted octanol–water partition coefficient (Wildman–Crippen LogP) is 0.898. The van der Waals surface area contributed by atoms with Crippen molar-refractivity contribution in [3.63, 3.8) is 0 Å². The Kier molecular flexibility index (Phi) is 1.74. The molecule has 1 saturated heterocycles. The molecule has 2 rings (SSSR count). The van der Waals surface area contributed by atoms with Crippen LogP contribution in [0.1, 0.15) is 0 Å². The van der Waals surface area contributed by atoms with E-state index in [4.69, 9.17) is 4.74 Å². The molecule has 0 atom stereocenters. The summed E-state index contributed by atoms with van der Waals surface area (Å²) in [6, 6.07) is 3.86. The lowest BCUT2D eigenvalue weighted by Crippen LogP contribution is -2.26. The van der Waals surface area contributed by atoms with Gasteiger partial charge in [-0.2, -0.15) is 0 Å². The minimum atomic E-state index is -0.219. The summed E-state index contributed by atoms with van der Waals surface area (Å²) in [7, 11) is 0. The molecule has 0 unspecified atom stereocenters. The van der Waals surface area contributed by atoms with E-state index in [9.17, 15) is 4.79 Å². The van der Waals surface area contributed by atoms with Gasteiger partial charge in [0.1, 0.15) is 13.3 Å². The minimum absolute atomic E-state index is 0.219. The highest BCUT2D eigenvalue weighted by atomic mass is 16.6. The summed E-state index contributed by atoms with van der Waals surface area (Å²) in [5.41, 5.74) is 0. The second kappa shape index (κ2) is 2.89. The number of aromatic nitrogens is 1. The van der Waals surface area contributed by atoms with E-state index in [2.05, 4.69) is 0 Å². The Labute approximate surface area is 70.3 Å². The van der Waals surface area contributed by atoms with E-state index in [1.165, 1.54) is 0 Å². The molecule has 0 bridgehead atoms. The monoisotopic (exact) mass is 166 g/mol. The van der Waals surface area contributed by atoms with Crippen molar-refractivity contribution in [3.05, 3.63) is 24.5 Å². The molecule has 1 aromatic heterocycles. The first kappa shape index (κ1) is 7.21. The van der Waals surface area contributed by atoms with E-state index < -0.39 is 0 Å². The molecular weight excluding hydrogens is 156 g/mol. The van der Waals surface area contributed by atoms with Gasteiger partial charge in [-0.1, -0.05) is 0 Å². The Balaban J connectivity index is 1.99. The van der Waals surface area contributed by atoms with Crippen molar-refractivity contribution in [2.45, 2.75) is 6.67 Å². The number of carbonyl (C=O) groups excluding carboxylic acids is 1. The molecule has 0 aliphatic carbocycles. The van der Waals surface area contributed by atoms with Gasteiger partial charge in [0.25, 0.3) is 0 Å². The molecule has 0 spiro atoms. The highest BCUT2D eigenvalue weighted by Crippen LogP contribution is 2.04. The normalized spacial score (nSPS) is 16.7. The first-order chi connectivity index (χ1) is 5.86. The third kappa shape index (κ3) is 1.28. The first-order valence-corrected chi connectivity index (χ1v) is 3.89. The molecule has 12 heavy (non-hydrogen) atoms.